The van der Waals surface area contributed by atoms with Crippen LogP contribution in [0.1, 0.15) is 15.9 Å². The zero-order chi connectivity index (χ0) is 14.7. The number of nitrogens with two attached hydrogens (primary N) is 1. The molecule has 0 radical (unpaired) electrons. The highest BCUT2D eigenvalue weighted by molar-refractivity contribution is 6.43. The summed E-state index contributed by atoms with van der Waals surface area (Å²) in [5.74, 6) is -0.194. The molecule has 0 bridgehead atoms. The molecule has 0 aliphatic carbocycles. The zero-order valence-electron chi connectivity index (χ0n) is 10.9. The van der Waals surface area contributed by atoms with Crippen molar-refractivity contribution in [2.75, 3.05) is 12.8 Å². The molecule has 2 aromatic rings. The summed E-state index contributed by atoms with van der Waals surface area (Å²) < 4.78 is 0. The summed E-state index contributed by atoms with van der Waals surface area (Å²) in [6.45, 7) is 0.411. The summed E-state index contributed by atoms with van der Waals surface area (Å²) in [6, 6.07) is 12.4. The Balaban J connectivity index is 2.21. The SMILES string of the molecule is CN(Cc1ccccc1N)C(=O)c1cccc(Cl)c1Cl. The molecule has 0 saturated carbocycles. The number of anilines is 1. The van der Waals surface area contributed by atoms with Crippen LogP contribution in [0.3, 0.4) is 0 Å². The number of nitrogen functional groups attached to an aromatic ring is 1. The van der Waals surface area contributed by atoms with Crippen LogP contribution in [-0.4, -0.2) is 17.9 Å². The minimum atomic E-state index is -0.194. The van der Waals surface area contributed by atoms with Crippen molar-refractivity contribution in [2.45, 2.75) is 6.54 Å². The molecule has 0 aliphatic heterocycles. The molecule has 0 spiro atoms. The summed E-state index contributed by atoms with van der Waals surface area (Å²) in [4.78, 5) is 13.9. The van der Waals surface area contributed by atoms with E-state index in [9.17, 15) is 4.79 Å². The molecule has 0 heterocycles. The molecule has 2 aromatic carbocycles. The lowest BCUT2D eigenvalue weighted by Gasteiger charge is -2.19. The topological polar surface area (TPSA) is 46.3 Å². The van der Waals surface area contributed by atoms with Crippen molar-refractivity contribution in [1.29, 1.82) is 0 Å². The molecule has 0 saturated heterocycles. The number of hydrogen-bond acceptors (Lipinski definition) is 2. The minimum Gasteiger partial charge on any atom is -0.398 e. The van der Waals surface area contributed by atoms with E-state index in [1.807, 2.05) is 18.2 Å². The fraction of sp³-hybridized carbons (Fsp3) is 0.133. The van der Waals surface area contributed by atoms with Crippen LogP contribution in [0, 0.1) is 0 Å². The van der Waals surface area contributed by atoms with Crippen LogP contribution >= 0.6 is 23.2 Å². The van der Waals surface area contributed by atoms with Gasteiger partial charge in [-0.2, -0.15) is 0 Å². The third-order valence-corrected chi connectivity index (χ3v) is 3.81. The molecule has 5 heteroatoms. The fourth-order valence-electron chi connectivity index (χ4n) is 1.88. The number of amides is 1. The number of para-hydroxylation sites is 1. The van der Waals surface area contributed by atoms with Gasteiger partial charge in [0.2, 0.25) is 0 Å². The van der Waals surface area contributed by atoms with Crippen LogP contribution < -0.4 is 5.73 Å². The average Bonchev–Trinajstić information content (AvgIpc) is 2.43. The summed E-state index contributed by atoms with van der Waals surface area (Å²) in [5.41, 5.74) is 7.81. The molecular weight excluding hydrogens is 295 g/mol. The Morgan fingerprint density at radius 3 is 2.55 bits per heavy atom. The lowest BCUT2D eigenvalue weighted by atomic mass is 10.1. The average molecular weight is 309 g/mol. The smallest absolute Gasteiger partial charge is 0.255 e. The summed E-state index contributed by atoms with van der Waals surface area (Å²) in [5, 5.41) is 0.636. The number of rotatable bonds is 3. The van der Waals surface area contributed by atoms with E-state index >= 15 is 0 Å². The largest absolute Gasteiger partial charge is 0.398 e. The second-order valence-electron chi connectivity index (χ2n) is 4.46. The monoisotopic (exact) mass is 308 g/mol. The Morgan fingerprint density at radius 1 is 1.15 bits per heavy atom. The van der Waals surface area contributed by atoms with Gasteiger partial charge >= 0.3 is 0 Å². The molecule has 2 rings (SSSR count). The van der Waals surface area contributed by atoms with Crippen molar-refractivity contribution in [3.8, 4) is 0 Å². The maximum absolute atomic E-state index is 12.4. The number of nitrogens with zero attached hydrogens (tertiary/aromatic N) is 1. The Bertz CT molecular complexity index is 644. The molecular formula is C15H14Cl2N2O. The van der Waals surface area contributed by atoms with Crippen LogP contribution in [0.2, 0.25) is 10.0 Å². The van der Waals surface area contributed by atoms with Gasteiger partial charge in [0.1, 0.15) is 0 Å². The van der Waals surface area contributed by atoms with Gasteiger partial charge in [-0.15, -0.1) is 0 Å². The molecule has 1 amide bonds. The van der Waals surface area contributed by atoms with Gasteiger partial charge in [0.05, 0.1) is 15.6 Å². The minimum absolute atomic E-state index is 0.194. The van der Waals surface area contributed by atoms with Gasteiger partial charge < -0.3 is 10.6 Å². The highest BCUT2D eigenvalue weighted by Crippen LogP contribution is 2.26. The van der Waals surface area contributed by atoms with Crippen LogP contribution in [0.25, 0.3) is 0 Å². The summed E-state index contributed by atoms with van der Waals surface area (Å²) >= 11 is 12.0. The number of hydrogen-bond donors (Lipinski definition) is 1. The van der Waals surface area contributed by atoms with E-state index in [0.29, 0.717) is 22.8 Å². The third kappa shape index (κ3) is 3.06. The van der Waals surface area contributed by atoms with Gasteiger partial charge in [0.15, 0.2) is 0 Å². The first-order valence-electron chi connectivity index (χ1n) is 6.03. The fourth-order valence-corrected chi connectivity index (χ4v) is 2.26. The van der Waals surface area contributed by atoms with E-state index < -0.39 is 0 Å². The normalized spacial score (nSPS) is 10.3. The third-order valence-electron chi connectivity index (χ3n) is 2.99. The second kappa shape index (κ2) is 6.16. The van der Waals surface area contributed by atoms with E-state index in [1.165, 1.54) is 0 Å². The standard InChI is InChI=1S/C15H14Cl2N2O/c1-19(9-10-5-2-3-8-13(10)18)15(20)11-6-4-7-12(16)14(11)17/h2-8H,9,18H2,1H3. The van der Waals surface area contributed by atoms with Crippen LogP contribution in [0.15, 0.2) is 42.5 Å². The highest BCUT2D eigenvalue weighted by Gasteiger charge is 2.17. The quantitative estimate of drug-likeness (QED) is 0.875. The van der Waals surface area contributed by atoms with Crippen molar-refractivity contribution < 1.29 is 4.79 Å². The lowest BCUT2D eigenvalue weighted by molar-refractivity contribution is 0.0785. The van der Waals surface area contributed by atoms with E-state index in [1.54, 1.807) is 36.2 Å². The van der Waals surface area contributed by atoms with Gasteiger partial charge in [0, 0.05) is 19.3 Å². The number of carbonyl (C=O) groups excluding carboxylic acids is 1. The van der Waals surface area contributed by atoms with E-state index in [-0.39, 0.29) is 10.9 Å². The van der Waals surface area contributed by atoms with Crippen molar-refractivity contribution in [1.82, 2.24) is 4.90 Å². The van der Waals surface area contributed by atoms with Crippen molar-refractivity contribution in [2.24, 2.45) is 0 Å². The molecule has 0 aromatic heterocycles. The van der Waals surface area contributed by atoms with Gasteiger partial charge in [-0.05, 0) is 23.8 Å². The highest BCUT2D eigenvalue weighted by atomic mass is 35.5. The molecule has 0 unspecified atom stereocenters. The molecule has 104 valence electrons. The molecule has 0 fully saturated rings. The molecule has 0 atom stereocenters. The van der Waals surface area contributed by atoms with Gasteiger partial charge in [-0.1, -0.05) is 47.5 Å². The summed E-state index contributed by atoms with van der Waals surface area (Å²) in [6.07, 6.45) is 0. The van der Waals surface area contributed by atoms with E-state index in [0.717, 1.165) is 5.56 Å². The lowest BCUT2D eigenvalue weighted by Crippen LogP contribution is -2.26. The van der Waals surface area contributed by atoms with Gasteiger partial charge in [-0.25, -0.2) is 0 Å². The Labute approximate surface area is 127 Å². The first-order valence-corrected chi connectivity index (χ1v) is 6.79. The molecule has 0 aliphatic rings. The Hall–Kier alpha value is -1.71. The van der Waals surface area contributed by atoms with Crippen LogP contribution in [0.5, 0.6) is 0 Å². The second-order valence-corrected chi connectivity index (χ2v) is 5.25. The van der Waals surface area contributed by atoms with Crippen molar-refractivity contribution in [3.63, 3.8) is 0 Å². The van der Waals surface area contributed by atoms with Crippen LogP contribution in [0.4, 0.5) is 5.69 Å². The first kappa shape index (κ1) is 14.7. The number of carbonyl (C=O) groups is 1. The van der Waals surface area contributed by atoms with Gasteiger partial charge in [-0.3, -0.25) is 4.79 Å². The Kier molecular flexibility index (Phi) is 4.53. The molecule has 2 N–H and O–H groups in total. The predicted octanol–water partition coefficient (Wildman–Crippen LogP) is 3.85. The molecule has 3 nitrogen and oxygen atoms in total. The number of halogens is 2. The van der Waals surface area contributed by atoms with E-state index in [2.05, 4.69) is 0 Å². The maximum Gasteiger partial charge on any atom is 0.255 e. The molecule has 20 heavy (non-hydrogen) atoms. The maximum atomic E-state index is 12.4. The van der Waals surface area contributed by atoms with Gasteiger partial charge in [0.25, 0.3) is 5.91 Å². The predicted molar refractivity (Wildman–Crippen MR) is 83.1 cm³/mol. The first-order chi connectivity index (χ1) is 9.50. The van der Waals surface area contributed by atoms with Crippen molar-refractivity contribution in [3.05, 3.63) is 63.6 Å². The Morgan fingerprint density at radius 2 is 1.85 bits per heavy atom. The van der Waals surface area contributed by atoms with Crippen LogP contribution in [-0.2, 0) is 6.54 Å². The van der Waals surface area contributed by atoms with Crippen molar-refractivity contribution >= 4 is 34.8 Å². The summed E-state index contributed by atoms with van der Waals surface area (Å²) in [7, 11) is 1.70. The zero-order valence-corrected chi connectivity index (χ0v) is 12.4. The van der Waals surface area contributed by atoms with E-state index in [4.69, 9.17) is 28.9 Å². The number of benzene rings is 2.